The number of hydrogen-bond donors (Lipinski definition) is 2. The van der Waals surface area contributed by atoms with Crippen molar-refractivity contribution in [1.29, 1.82) is 0 Å². The molecule has 0 saturated carbocycles. The van der Waals surface area contributed by atoms with Gasteiger partial charge in [0.2, 0.25) is 0 Å². The van der Waals surface area contributed by atoms with E-state index in [1.807, 2.05) is 19.6 Å². The Balaban J connectivity index is 3.89. The molecule has 0 aromatic heterocycles. The summed E-state index contributed by atoms with van der Waals surface area (Å²) < 4.78 is 0. The van der Waals surface area contributed by atoms with E-state index in [1.165, 1.54) is 5.70 Å². The molecule has 0 aromatic rings. The summed E-state index contributed by atoms with van der Waals surface area (Å²) in [6, 6.07) is 0. The van der Waals surface area contributed by atoms with Gasteiger partial charge in [-0.25, -0.2) is 0 Å². The molecule has 0 amide bonds. The van der Waals surface area contributed by atoms with Gasteiger partial charge in [0.05, 0.1) is 8.07 Å². The zero-order valence-electron chi connectivity index (χ0n) is 5.47. The van der Waals surface area contributed by atoms with Gasteiger partial charge in [0.25, 0.3) is 5.95 Å². The second kappa shape index (κ2) is 2.22. The highest BCUT2D eigenvalue weighted by Gasteiger charge is 2.09. The van der Waals surface area contributed by atoms with E-state index in [4.69, 9.17) is 10.2 Å². The number of rotatable bonds is 1. The van der Waals surface area contributed by atoms with Crippen LogP contribution in [0.4, 0.5) is 0 Å². The fourth-order valence-corrected chi connectivity index (χ4v) is 1.16. The van der Waals surface area contributed by atoms with Crippen LogP contribution in [0, 0.1) is 0 Å². The van der Waals surface area contributed by atoms with Crippen LogP contribution in [-0.2, 0) is 0 Å². The first-order chi connectivity index (χ1) is 3.42. The monoisotopic (exact) mass is 132 g/mol. The van der Waals surface area contributed by atoms with E-state index >= 15 is 0 Å². The second-order valence-electron chi connectivity index (χ2n) is 2.87. The molecule has 0 bridgehead atoms. The van der Waals surface area contributed by atoms with Gasteiger partial charge >= 0.3 is 0 Å². The predicted octanol–water partition coefficient (Wildman–Crippen LogP) is 1.82. The lowest BCUT2D eigenvalue weighted by atomic mass is 11.0. The highest BCUT2D eigenvalue weighted by atomic mass is 28.3. The largest absolute Gasteiger partial charge is 0.482 e. The molecule has 8 heavy (non-hydrogen) atoms. The van der Waals surface area contributed by atoms with Crippen LogP contribution < -0.4 is 0 Å². The number of aliphatic hydroxyl groups excluding tert-OH is 1. The normalized spacial score (nSPS) is 10.9. The minimum atomic E-state index is -1.38. The molecule has 0 radical (unpaired) electrons. The smallest absolute Gasteiger partial charge is 0.265 e. The van der Waals surface area contributed by atoms with Crippen molar-refractivity contribution in [3.05, 3.63) is 11.6 Å². The molecule has 0 rings (SSSR count). The van der Waals surface area contributed by atoms with E-state index in [1.54, 1.807) is 0 Å². The van der Waals surface area contributed by atoms with Crippen LogP contribution in [-0.4, -0.2) is 18.3 Å². The average Bonchev–Trinajstić information content (AvgIpc) is 1.21. The fourth-order valence-electron chi connectivity index (χ4n) is 0.387. The van der Waals surface area contributed by atoms with Gasteiger partial charge in [-0.1, -0.05) is 19.6 Å². The van der Waals surface area contributed by atoms with Crippen LogP contribution in [0.2, 0.25) is 19.6 Å². The van der Waals surface area contributed by atoms with E-state index in [0.29, 0.717) is 0 Å². The molecule has 2 N–H and O–H groups in total. The van der Waals surface area contributed by atoms with Gasteiger partial charge in [0, 0.05) is 0 Å². The lowest BCUT2D eigenvalue weighted by Gasteiger charge is -2.06. The van der Waals surface area contributed by atoms with Crippen LogP contribution in [0.3, 0.4) is 0 Å². The highest BCUT2D eigenvalue weighted by Crippen LogP contribution is 2.02. The minimum absolute atomic E-state index is 0.538. The van der Waals surface area contributed by atoms with E-state index in [-0.39, 0.29) is 0 Å². The summed E-state index contributed by atoms with van der Waals surface area (Å²) in [7, 11) is -1.38. The molecule has 0 aromatic carbocycles. The lowest BCUT2D eigenvalue weighted by molar-refractivity contribution is 0.192. The van der Waals surface area contributed by atoms with Crippen LogP contribution in [0.25, 0.3) is 0 Å². The Bertz CT molecular complexity index is 97.5. The quantitative estimate of drug-likeness (QED) is 0.422. The summed E-state index contributed by atoms with van der Waals surface area (Å²) in [5, 5.41) is 16.7. The molecule has 0 saturated heterocycles. The molecule has 0 heterocycles. The molecule has 0 aliphatic heterocycles. The van der Waals surface area contributed by atoms with Crippen molar-refractivity contribution in [2.75, 3.05) is 0 Å². The molecule has 48 valence electrons. The van der Waals surface area contributed by atoms with Crippen molar-refractivity contribution in [3.8, 4) is 0 Å². The lowest BCUT2D eigenvalue weighted by Crippen LogP contribution is -2.16. The molecule has 0 unspecified atom stereocenters. The highest BCUT2D eigenvalue weighted by molar-refractivity contribution is 6.80. The van der Waals surface area contributed by atoms with Crippen LogP contribution in [0.15, 0.2) is 11.6 Å². The molecule has 0 fully saturated rings. The first-order valence-corrected chi connectivity index (χ1v) is 6.10. The van der Waals surface area contributed by atoms with Gasteiger partial charge in [-0.05, 0) is 5.70 Å². The van der Waals surface area contributed by atoms with E-state index in [0.717, 1.165) is 0 Å². The SMILES string of the molecule is C[Si](C)(C)C=C(O)O. The molecule has 2 nitrogen and oxygen atoms in total. The third-order valence-electron chi connectivity index (χ3n) is 0.562. The minimum Gasteiger partial charge on any atom is -0.482 e. The van der Waals surface area contributed by atoms with E-state index in [2.05, 4.69) is 0 Å². The van der Waals surface area contributed by atoms with Crippen molar-refractivity contribution >= 4 is 8.07 Å². The van der Waals surface area contributed by atoms with Gasteiger partial charge in [-0.2, -0.15) is 0 Å². The molecule has 0 aliphatic carbocycles. The molecule has 0 atom stereocenters. The van der Waals surface area contributed by atoms with Crippen molar-refractivity contribution in [2.45, 2.75) is 19.6 Å². The van der Waals surface area contributed by atoms with Gasteiger partial charge in [0.1, 0.15) is 0 Å². The topological polar surface area (TPSA) is 40.5 Å². The first-order valence-electron chi connectivity index (χ1n) is 2.52. The van der Waals surface area contributed by atoms with Crippen molar-refractivity contribution in [2.24, 2.45) is 0 Å². The summed E-state index contributed by atoms with van der Waals surface area (Å²) >= 11 is 0. The van der Waals surface area contributed by atoms with Gasteiger partial charge < -0.3 is 10.2 Å². The first kappa shape index (κ1) is 7.56. The summed E-state index contributed by atoms with van der Waals surface area (Å²) in [6.45, 7) is 6.08. The second-order valence-corrected chi connectivity index (χ2v) is 7.89. The third kappa shape index (κ3) is 5.56. The zero-order chi connectivity index (χ0) is 6.78. The Labute approximate surface area is 50.5 Å². The summed E-state index contributed by atoms with van der Waals surface area (Å²) in [5.74, 6) is -0.538. The maximum atomic E-state index is 8.34. The number of hydrogen-bond acceptors (Lipinski definition) is 2. The van der Waals surface area contributed by atoms with Crippen LogP contribution in [0.5, 0.6) is 0 Å². The molecular formula is C5H12O2Si. The molecule has 0 spiro atoms. The summed E-state index contributed by atoms with van der Waals surface area (Å²) in [5.41, 5.74) is 1.52. The maximum Gasteiger partial charge on any atom is 0.265 e. The maximum absolute atomic E-state index is 8.34. The zero-order valence-corrected chi connectivity index (χ0v) is 6.47. The van der Waals surface area contributed by atoms with Crippen molar-refractivity contribution in [1.82, 2.24) is 0 Å². The number of aliphatic hydroxyl groups is 2. The fraction of sp³-hybridized carbons (Fsp3) is 0.600. The van der Waals surface area contributed by atoms with E-state index in [9.17, 15) is 0 Å². The molecule has 0 aliphatic rings. The summed E-state index contributed by atoms with van der Waals surface area (Å²) in [4.78, 5) is 0. The Morgan fingerprint density at radius 3 is 1.62 bits per heavy atom. The summed E-state index contributed by atoms with van der Waals surface area (Å²) in [6.07, 6.45) is 0. The Morgan fingerprint density at radius 1 is 1.25 bits per heavy atom. The Hall–Kier alpha value is -0.443. The van der Waals surface area contributed by atoms with Crippen LogP contribution in [0.1, 0.15) is 0 Å². The van der Waals surface area contributed by atoms with Gasteiger partial charge in [0.15, 0.2) is 0 Å². The van der Waals surface area contributed by atoms with Crippen molar-refractivity contribution < 1.29 is 10.2 Å². The Kier molecular flexibility index (Phi) is 2.09. The predicted molar refractivity (Wildman–Crippen MR) is 36.7 cm³/mol. The van der Waals surface area contributed by atoms with Gasteiger partial charge in [-0.15, -0.1) is 0 Å². The standard InChI is InChI=1S/C5H12O2Si/c1-8(2,3)4-5(6)7/h4,6-7H,1-3H3. The van der Waals surface area contributed by atoms with Crippen LogP contribution >= 0.6 is 0 Å². The van der Waals surface area contributed by atoms with Gasteiger partial charge in [-0.3, -0.25) is 0 Å². The average molecular weight is 132 g/mol. The third-order valence-corrected chi connectivity index (χ3v) is 1.69. The van der Waals surface area contributed by atoms with Crippen molar-refractivity contribution in [3.63, 3.8) is 0 Å². The van der Waals surface area contributed by atoms with E-state index < -0.39 is 14.0 Å². The molecule has 3 heteroatoms. The molecular weight excluding hydrogens is 120 g/mol. The Morgan fingerprint density at radius 2 is 1.62 bits per heavy atom.